The summed E-state index contributed by atoms with van der Waals surface area (Å²) in [6.45, 7) is 10.9. The summed E-state index contributed by atoms with van der Waals surface area (Å²) in [4.78, 5) is 0. The lowest BCUT2D eigenvalue weighted by atomic mass is 9.98. The summed E-state index contributed by atoms with van der Waals surface area (Å²) >= 11 is 0. The van der Waals surface area contributed by atoms with E-state index in [9.17, 15) is 0 Å². The molecule has 0 aliphatic rings. The molecule has 2 atom stereocenters. The van der Waals surface area contributed by atoms with Crippen molar-refractivity contribution < 1.29 is 0 Å². The molecule has 20 heavy (non-hydrogen) atoms. The normalized spacial score (nSPS) is 14.1. The molecule has 0 fully saturated rings. The van der Waals surface area contributed by atoms with Crippen molar-refractivity contribution in [3.8, 4) is 0 Å². The van der Waals surface area contributed by atoms with Crippen LogP contribution in [0.4, 0.5) is 0 Å². The Morgan fingerprint density at radius 1 is 0.750 bits per heavy atom. The van der Waals surface area contributed by atoms with Crippen molar-refractivity contribution in [2.45, 2.75) is 46.7 Å². The molecule has 0 heterocycles. The first-order chi connectivity index (χ1) is 9.47. The molecule has 0 saturated heterocycles. The van der Waals surface area contributed by atoms with E-state index in [2.05, 4.69) is 82.4 Å². The van der Waals surface area contributed by atoms with E-state index >= 15 is 0 Å². The van der Waals surface area contributed by atoms with Crippen LogP contribution in [0.2, 0.25) is 0 Å². The van der Waals surface area contributed by atoms with Gasteiger partial charge < -0.3 is 5.32 Å². The molecule has 106 valence electrons. The van der Waals surface area contributed by atoms with Crippen LogP contribution in [0.15, 0.2) is 42.5 Å². The Kier molecular flexibility index (Phi) is 4.61. The van der Waals surface area contributed by atoms with Crippen LogP contribution >= 0.6 is 0 Å². The second-order valence-electron chi connectivity index (χ2n) is 5.88. The highest BCUT2D eigenvalue weighted by Gasteiger charge is 2.12. The highest BCUT2D eigenvalue weighted by atomic mass is 14.9. The Morgan fingerprint density at radius 3 is 1.95 bits per heavy atom. The smallest absolute Gasteiger partial charge is 0.0300 e. The van der Waals surface area contributed by atoms with E-state index < -0.39 is 0 Å². The van der Waals surface area contributed by atoms with Crippen LogP contribution in [0, 0.1) is 20.8 Å². The number of nitrogens with one attached hydrogen (secondary N) is 1. The van der Waals surface area contributed by atoms with Gasteiger partial charge in [0.25, 0.3) is 0 Å². The zero-order valence-corrected chi connectivity index (χ0v) is 13.2. The largest absolute Gasteiger partial charge is 0.304 e. The molecule has 0 saturated carbocycles. The van der Waals surface area contributed by atoms with Gasteiger partial charge in [-0.1, -0.05) is 53.6 Å². The maximum Gasteiger partial charge on any atom is 0.0300 e. The molecule has 1 N–H and O–H groups in total. The van der Waals surface area contributed by atoms with Crippen LogP contribution in [0.5, 0.6) is 0 Å². The molecule has 0 spiro atoms. The van der Waals surface area contributed by atoms with E-state index in [4.69, 9.17) is 0 Å². The van der Waals surface area contributed by atoms with Gasteiger partial charge in [-0.25, -0.2) is 0 Å². The number of benzene rings is 2. The molecule has 2 unspecified atom stereocenters. The fraction of sp³-hybridized carbons (Fsp3) is 0.368. The molecule has 0 bridgehead atoms. The monoisotopic (exact) mass is 267 g/mol. The van der Waals surface area contributed by atoms with Gasteiger partial charge in [-0.15, -0.1) is 0 Å². The lowest BCUT2D eigenvalue weighted by molar-refractivity contribution is 0.493. The van der Waals surface area contributed by atoms with E-state index in [1.54, 1.807) is 0 Å². The summed E-state index contributed by atoms with van der Waals surface area (Å²) in [5.41, 5.74) is 6.72. The minimum absolute atomic E-state index is 0.353. The van der Waals surface area contributed by atoms with Crippen LogP contribution < -0.4 is 5.32 Å². The van der Waals surface area contributed by atoms with E-state index in [0.29, 0.717) is 12.1 Å². The molecule has 0 aliphatic heterocycles. The van der Waals surface area contributed by atoms with Crippen LogP contribution in [0.1, 0.15) is 53.7 Å². The van der Waals surface area contributed by atoms with Crippen LogP contribution in [0.3, 0.4) is 0 Å². The first-order valence-corrected chi connectivity index (χ1v) is 7.37. The van der Waals surface area contributed by atoms with Crippen molar-refractivity contribution in [3.63, 3.8) is 0 Å². The molecule has 0 amide bonds. The second-order valence-corrected chi connectivity index (χ2v) is 5.88. The van der Waals surface area contributed by atoms with E-state index in [0.717, 1.165) is 0 Å². The van der Waals surface area contributed by atoms with Crippen molar-refractivity contribution in [2.24, 2.45) is 0 Å². The van der Waals surface area contributed by atoms with Gasteiger partial charge in [-0.3, -0.25) is 0 Å². The summed E-state index contributed by atoms with van der Waals surface area (Å²) in [7, 11) is 0. The van der Waals surface area contributed by atoms with Crippen molar-refractivity contribution in [1.29, 1.82) is 0 Å². The maximum atomic E-state index is 3.69. The third kappa shape index (κ3) is 3.49. The first-order valence-electron chi connectivity index (χ1n) is 7.37. The topological polar surface area (TPSA) is 12.0 Å². The Morgan fingerprint density at radius 2 is 1.35 bits per heavy atom. The molecule has 1 nitrogen and oxygen atoms in total. The highest BCUT2D eigenvalue weighted by molar-refractivity contribution is 5.33. The number of aryl methyl sites for hydroxylation is 3. The Bertz CT molecular complexity index is 569. The lowest BCUT2D eigenvalue weighted by Crippen LogP contribution is -2.23. The number of hydrogen-bond acceptors (Lipinski definition) is 1. The predicted molar refractivity (Wildman–Crippen MR) is 87.1 cm³/mol. The molecule has 0 aromatic heterocycles. The first kappa shape index (κ1) is 14.8. The highest BCUT2D eigenvalue weighted by Crippen LogP contribution is 2.22. The predicted octanol–water partition coefficient (Wildman–Crippen LogP) is 5.02. The number of hydrogen-bond donors (Lipinski definition) is 1. The summed E-state index contributed by atoms with van der Waals surface area (Å²) in [5, 5.41) is 3.69. The van der Waals surface area contributed by atoms with Crippen molar-refractivity contribution in [1.82, 2.24) is 5.32 Å². The van der Waals surface area contributed by atoms with E-state index in [1.807, 2.05) is 0 Å². The van der Waals surface area contributed by atoms with Gasteiger partial charge >= 0.3 is 0 Å². The molecular weight excluding hydrogens is 242 g/mol. The molecule has 1 heteroatoms. The summed E-state index contributed by atoms with van der Waals surface area (Å²) in [6.07, 6.45) is 0. The zero-order chi connectivity index (χ0) is 14.7. The standard InChI is InChI=1S/C19H25N/c1-13-6-9-18(10-7-13)16(4)20-17(5)19-11-8-14(2)12-15(19)3/h6-12,16-17,20H,1-5H3. The second kappa shape index (κ2) is 6.23. The van der Waals surface area contributed by atoms with Gasteiger partial charge in [0.2, 0.25) is 0 Å². The van der Waals surface area contributed by atoms with Crippen LogP contribution in [0.25, 0.3) is 0 Å². The van der Waals surface area contributed by atoms with Gasteiger partial charge in [0.1, 0.15) is 0 Å². The minimum Gasteiger partial charge on any atom is -0.304 e. The quantitative estimate of drug-likeness (QED) is 0.819. The fourth-order valence-corrected chi connectivity index (χ4v) is 2.73. The van der Waals surface area contributed by atoms with Crippen molar-refractivity contribution in [2.75, 3.05) is 0 Å². The lowest BCUT2D eigenvalue weighted by Gasteiger charge is -2.22. The van der Waals surface area contributed by atoms with E-state index in [1.165, 1.54) is 27.8 Å². The van der Waals surface area contributed by atoms with Crippen molar-refractivity contribution in [3.05, 3.63) is 70.3 Å². The van der Waals surface area contributed by atoms with Gasteiger partial charge in [-0.05, 0) is 51.3 Å². The fourth-order valence-electron chi connectivity index (χ4n) is 2.73. The SMILES string of the molecule is Cc1ccc(C(C)NC(C)c2ccc(C)cc2C)cc1. The van der Waals surface area contributed by atoms with Crippen molar-refractivity contribution >= 4 is 0 Å². The molecular formula is C19H25N. The van der Waals surface area contributed by atoms with E-state index in [-0.39, 0.29) is 0 Å². The average Bonchev–Trinajstić information content (AvgIpc) is 2.39. The summed E-state index contributed by atoms with van der Waals surface area (Å²) in [6, 6.07) is 16.2. The van der Waals surface area contributed by atoms with Gasteiger partial charge in [0, 0.05) is 12.1 Å². The third-order valence-corrected chi connectivity index (χ3v) is 3.97. The summed E-state index contributed by atoms with van der Waals surface area (Å²) in [5.74, 6) is 0. The molecule has 2 aromatic rings. The van der Waals surface area contributed by atoms with Crippen LogP contribution in [-0.2, 0) is 0 Å². The maximum absolute atomic E-state index is 3.69. The molecule has 2 rings (SSSR count). The minimum atomic E-state index is 0.353. The number of rotatable bonds is 4. The molecule has 2 aromatic carbocycles. The summed E-state index contributed by atoms with van der Waals surface area (Å²) < 4.78 is 0. The Balaban J connectivity index is 2.10. The van der Waals surface area contributed by atoms with Gasteiger partial charge in [-0.2, -0.15) is 0 Å². The Labute approximate surface area is 123 Å². The zero-order valence-electron chi connectivity index (χ0n) is 13.2. The molecule has 0 radical (unpaired) electrons. The van der Waals surface area contributed by atoms with Crippen LogP contribution in [-0.4, -0.2) is 0 Å². The Hall–Kier alpha value is -1.60. The van der Waals surface area contributed by atoms with Gasteiger partial charge in [0.05, 0.1) is 0 Å². The van der Waals surface area contributed by atoms with Gasteiger partial charge in [0.15, 0.2) is 0 Å². The third-order valence-electron chi connectivity index (χ3n) is 3.97. The molecule has 0 aliphatic carbocycles. The average molecular weight is 267 g/mol.